The lowest BCUT2D eigenvalue weighted by atomic mass is 10.1. The molecular weight excluding hydrogens is 505 g/mol. The number of phosphoric ester groups is 1. The van der Waals surface area contributed by atoms with Gasteiger partial charge in [-0.25, -0.2) is 4.57 Å². The van der Waals surface area contributed by atoms with Crippen molar-refractivity contribution < 1.29 is 37.6 Å². The molecule has 0 aromatic carbocycles. The largest absolute Gasteiger partial charge is 0.472 e. The molecule has 0 rings (SSSR count). The Balaban J connectivity index is 3.57. The fourth-order valence-corrected chi connectivity index (χ4v) is 4.32. The molecule has 2 N–H and O–H groups in total. The maximum absolute atomic E-state index is 11.8. The Labute approximate surface area is 232 Å². The predicted molar refractivity (Wildman–Crippen MR) is 155 cm³/mol. The zero-order chi connectivity index (χ0) is 28.5. The molecule has 0 saturated heterocycles. The average molecular weight is 563 g/mol. The van der Waals surface area contributed by atoms with E-state index in [1.807, 2.05) is 21.1 Å². The molecule has 0 bridgehead atoms. The standard InChI is InChI=1S/C29H56NO7P/c1-5-6-7-8-9-10-11-12-13-14-15-16-17-18-19-20-21-22-23-29(32)35-26-28(31)27-37-38(33,34)36-25-24-30(2,3)4/h10-11,13-14,28,31H,5-9,12,15-27H2,1-4H3/p+1/b11-10-,14-13-. The molecule has 0 heterocycles. The van der Waals surface area contributed by atoms with E-state index in [-0.39, 0.29) is 19.2 Å². The molecule has 9 heteroatoms. The van der Waals surface area contributed by atoms with Crippen molar-refractivity contribution in [3.05, 3.63) is 24.3 Å². The minimum Gasteiger partial charge on any atom is -0.463 e. The number of carbonyl (C=O) groups is 1. The van der Waals surface area contributed by atoms with Gasteiger partial charge >= 0.3 is 13.8 Å². The average Bonchev–Trinajstić information content (AvgIpc) is 2.84. The maximum Gasteiger partial charge on any atom is 0.472 e. The summed E-state index contributed by atoms with van der Waals surface area (Å²) in [6.45, 7) is 2.10. The van der Waals surface area contributed by atoms with Crippen molar-refractivity contribution in [2.75, 3.05) is 47.5 Å². The fraction of sp³-hybridized carbons (Fsp3) is 0.828. The third-order valence-corrected chi connectivity index (χ3v) is 6.95. The second kappa shape index (κ2) is 23.8. The number of aliphatic hydroxyl groups is 1. The van der Waals surface area contributed by atoms with Crippen molar-refractivity contribution in [1.29, 1.82) is 0 Å². The first-order valence-electron chi connectivity index (χ1n) is 14.6. The third kappa shape index (κ3) is 28.0. The lowest BCUT2D eigenvalue weighted by Gasteiger charge is -2.24. The number of unbranched alkanes of at least 4 members (excludes halogenated alkanes) is 11. The minimum atomic E-state index is -4.25. The number of hydrogen-bond donors (Lipinski definition) is 2. The van der Waals surface area contributed by atoms with Crippen LogP contribution in [0.15, 0.2) is 24.3 Å². The lowest BCUT2D eigenvalue weighted by molar-refractivity contribution is -0.870. The summed E-state index contributed by atoms with van der Waals surface area (Å²) < 4.78 is 27.1. The van der Waals surface area contributed by atoms with Crippen LogP contribution in [-0.4, -0.2) is 74.1 Å². The van der Waals surface area contributed by atoms with Crippen molar-refractivity contribution in [2.24, 2.45) is 0 Å². The Morgan fingerprint density at radius 2 is 1.37 bits per heavy atom. The number of hydrogen-bond acceptors (Lipinski definition) is 6. The fourth-order valence-electron chi connectivity index (χ4n) is 3.57. The van der Waals surface area contributed by atoms with Crippen molar-refractivity contribution in [3.63, 3.8) is 0 Å². The van der Waals surface area contributed by atoms with Crippen LogP contribution in [0.25, 0.3) is 0 Å². The number of phosphoric acid groups is 1. The smallest absolute Gasteiger partial charge is 0.463 e. The van der Waals surface area contributed by atoms with E-state index in [2.05, 4.69) is 31.2 Å². The molecular formula is C29H57NO7P+. The molecule has 0 aliphatic rings. The highest BCUT2D eigenvalue weighted by Gasteiger charge is 2.24. The minimum absolute atomic E-state index is 0.0527. The Morgan fingerprint density at radius 1 is 0.816 bits per heavy atom. The first-order chi connectivity index (χ1) is 18.1. The second-order valence-electron chi connectivity index (χ2n) is 11.0. The number of allylic oxidation sites excluding steroid dienone is 4. The second-order valence-corrected chi connectivity index (χ2v) is 12.4. The number of aliphatic hydroxyl groups excluding tert-OH is 1. The lowest BCUT2D eigenvalue weighted by Crippen LogP contribution is -2.37. The van der Waals surface area contributed by atoms with Crippen LogP contribution in [0, 0.1) is 0 Å². The first-order valence-corrected chi connectivity index (χ1v) is 16.1. The van der Waals surface area contributed by atoms with Crippen LogP contribution in [0.4, 0.5) is 0 Å². The summed E-state index contributed by atoms with van der Waals surface area (Å²) in [5, 5.41) is 9.84. The summed E-state index contributed by atoms with van der Waals surface area (Å²) in [4.78, 5) is 21.5. The summed E-state index contributed by atoms with van der Waals surface area (Å²) in [5.41, 5.74) is 0. The van der Waals surface area contributed by atoms with Gasteiger partial charge in [-0.15, -0.1) is 0 Å². The molecule has 0 spiro atoms. The van der Waals surface area contributed by atoms with E-state index in [9.17, 15) is 19.4 Å². The molecule has 0 aromatic rings. The zero-order valence-corrected chi connectivity index (χ0v) is 25.5. The van der Waals surface area contributed by atoms with Gasteiger partial charge in [0.2, 0.25) is 0 Å². The monoisotopic (exact) mass is 562 g/mol. The quantitative estimate of drug-likeness (QED) is 0.0397. The molecule has 0 aliphatic carbocycles. The van der Waals surface area contributed by atoms with Crippen LogP contribution in [-0.2, 0) is 23.1 Å². The van der Waals surface area contributed by atoms with Crippen LogP contribution in [0.5, 0.6) is 0 Å². The number of likely N-dealkylation sites (N-methyl/N-ethyl adjacent to an activating group) is 1. The summed E-state index contributed by atoms with van der Waals surface area (Å²) in [6.07, 6.45) is 24.6. The van der Waals surface area contributed by atoms with Crippen molar-refractivity contribution in [2.45, 2.75) is 109 Å². The van der Waals surface area contributed by atoms with E-state index in [1.165, 1.54) is 57.8 Å². The molecule has 0 fully saturated rings. The highest BCUT2D eigenvalue weighted by molar-refractivity contribution is 7.47. The van der Waals surface area contributed by atoms with Gasteiger partial charge in [0, 0.05) is 6.42 Å². The van der Waals surface area contributed by atoms with Gasteiger partial charge < -0.3 is 19.2 Å². The molecule has 224 valence electrons. The van der Waals surface area contributed by atoms with E-state index in [0.29, 0.717) is 17.4 Å². The summed E-state index contributed by atoms with van der Waals surface area (Å²) >= 11 is 0. The van der Waals surface area contributed by atoms with Crippen LogP contribution in [0.1, 0.15) is 103 Å². The zero-order valence-electron chi connectivity index (χ0n) is 24.7. The van der Waals surface area contributed by atoms with Gasteiger partial charge in [-0.2, -0.15) is 0 Å². The molecule has 0 saturated carbocycles. The summed E-state index contributed by atoms with van der Waals surface area (Å²) in [7, 11) is 1.55. The van der Waals surface area contributed by atoms with Gasteiger partial charge in [-0.05, 0) is 38.5 Å². The molecule has 8 nitrogen and oxygen atoms in total. The molecule has 2 unspecified atom stereocenters. The summed E-state index contributed by atoms with van der Waals surface area (Å²) in [6, 6.07) is 0. The maximum atomic E-state index is 11.8. The summed E-state index contributed by atoms with van der Waals surface area (Å²) in [5.74, 6) is -0.381. The normalized spacial score (nSPS) is 14.8. The van der Waals surface area contributed by atoms with Crippen molar-refractivity contribution in [3.8, 4) is 0 Å². The SMILES string of the molecule is CCCCCC/C=C\C/C=C\CCCCCCCCCC(=O)OCC(O)COP(=O)(O)OCC[N+](C)(C)C. The van der Waals surface area contributed by atoms with E-state index in [1.54, 1.807) is 0 Å². The Bertz CT molecular complexity index is 676. The Kier molecular flexibility index (Phi) is 23.2. The molecule has 0 aliphatic heterocycles. The van der Waals surface area contributed by atoms with Crippen molar-refractivity contribution >= 4 is 13.8 Å². The Morgan fingerprint density at radius 3 is 1.95 bits per heavy atom. The van der Waals surface area contributed by atoms with Crippen molar-refractivity contribution in [1.82, 2.24) is 0 Å². The number of carbonyl (C=O) groups excluding carboxylic acids is 1. The van der Waals surface area contributed by atoms with Gasteiger partial charge in [0.05, 0.1) is 27.7 Å². The van der Waals surface area contributed by atoms with Gasteiger partial charge in [0.15, 0.2) is 0 Å². The Hall–Kier alpha value is -1.02. The number of esters is 1. The van der Waals surface area contributed by atoms with E-state index in [4.69, 9.17) is 13.8 Å². The van der Waals surface area contributed by atoms with Crippen LogP contribution < -0.4 is 0 Å². The molecule has 0 amide bonds. The third-order valence-electron chi connectivity index (χ3n) is 5.96. The topological polar surface area (TPSA) is 102 Å². The molecule has 38 heavy (non-hydrogen) atoms. The van der Waals surface area contributed by atoms with E-state index < -0.39 is 20.5 Å². The molecule has 0 aromatic heterocycles. The molecule has 0 radical (unpaired) electrons. The highest BCUT2D eigenvalue weighted by Crippen LogP contribution is 2.43. The number of nitrogens with zero attached hydrogens (tertiary/aromatic N) is 1. The van der Waals surface area contributed by atoms with Gasteiger partial charge in [-0.3, -0.25) is 13.8 Å². The van der Waals surface area contributed by atoms with Gasteiger partial charge in [0.25, 0.3) is 0 Å². The van der Waals surface area contributed by atoms with Crippen LogP contribution in [0.3, 0.4) is 0 Å². The van der Waals surface area contributed by atoms with Gasteiger partial charge in [-0.1, -0.05) is 82.6 Å². The van der Waals surface area contributed by atoms with Crippen LogP contribution >= 0.6 is 7.82 Å². The van der Waals surface area contributed by atoms with Crippen LogP contribution in [0.2, 0.25) is 0 Å². The highest BCUT2D eigenvalue weighted by atomic mass is 31.2. The van der Waals surface area contributed by atoms with Gasteiger partial charge in [0.1, 0.15) is 25.9 Å². The predicted octanol–water partition coefficient (Wildman–Crippen LogP) is 6.71. The number of rotatable bonds is 26. The van der Waals surface area contributed by atoms with E-state index >= 15 is 0 Å². The molecule has 2 atom stereocenters. The number of quaternary nitrogens is 1. The van der Waals surface area contributed by atoms with E-state index in [0.717, 1.165) is 32.1 Å². The number of ether oxygens (including phenoxy) is 1. The first kappa shape index (κ1) is 37.0.